The van der Waals surface area contributed by atoms with Crippen LogP contribution < -0.4 is 9.80 Å². The van der Waals surface area contributed by atoms with Crippen LogP contribution in [0.5, 0.6) is 0 Å². The molecule has 286 valence electrons. The molecule has 0 spiro atoms. The molecular weight excluding hydrogens is 715 g/mol. The number of fused-ring (bicyclic) bond motifs is 9. The molecule has 9 aromatic rings. The Morgan fingerprint density at radius 1 is 0.339 bits per heavy atom. The molecule has 59 heavy (non-hydrogen) atoms. The van der Waals surface area contributed by atoms with Gasteiger partial charge in [0.2, 0.25) is 0 Å². The van der Waals surface area contributed by atoms with Crippen LogP contribution in [0, 0.1) is 13.8 Å². The Bertz CT molecular complexity index is 2910. The van der Waals surface area contributed by atoms with Crippen LogP contribution in [0.25, 0.3) is 44.1 Å². The number of aryl methyl sites for hydroxylation is 2. The average molecular weight is 762 g/mol. The van der Waals surface area contributed by atoms with Crippen molar-refractivity contribution in [1.29, 1.82) is 0 Å². The van der Waals surface area contributed by atoms with E-state index in [1.807, 2.05) is 0 Å². The standard InChI is InChI=1S/C56H47N3/c1-35-15-19-37(20-16-35)58(41-23-27-45-43-11-7-9-13-49(43)55(3,4)51(45)33-41)39-25-29-53-47(31-39)48-32-40(26-30-54(48)57-53)59(38-21-17-36(2)18-22-38)42-24-28-46-44-12-8-10-14-50(44)56(5,6)52(46)34-42/h7-34,57H,1-6H3. The molecule has 8 aromatic carbocycles. The van der Waals surface area contributed by atoms with Gasteiger partial charge >= 0.3 is 0 Å². The summed E-state index contributed by atoms with van der Waals surface area (Å²) in [4.78, 5) is 8.60. The zero-order valence-electron chi connectivity index (χ0n) is 34.6. The molecule has 11 rings (SSSR count). The number of aromatic nitrogens is 1. The molecule has 2 aliphatic carbocycles. The Labute approximate surface area is 347 Å². The maximum Gasteiger partial charge on any atom is 0.0469 e. The summed E-state index contributed by atoms with van der Waals surface area (Å²) in [6.07, 6.45) is 0. The monoisotopic (exact) mass is 761 g/mol. The lowest BCUT2D eigenvalue weighted by Gasteiger charge is -2.28. The van der Waals surface area contributed by atoms with Crippen LogP contribution in [0.1, 0.15) is 61.1 Å². The topological polar surface area (TPSA) is 22.3 Å². The Morgan fingerprint density at radius 3 is 1.10 bits per heavy atom. The van der Waals surface area contributed by atoms with Gasteiger partial charge in [-0.05, 0) is 143 Å². The third-order valence-electron chi connectivity index (χ3n) is 13.3. The number of rotatable bonds is 6. The highest BCUT2D eigenvalue weighted by Gasteiger charge is 2.37. The third kappa shape index (κ3) is 5.41. The van der Waals surface area contributed by atoms with E-state index in [4.69, 9.17) is 0 Å². The van der Waals surface area contributed by atoms with Crippen molar-refractivity contribution >= 4 is 55.9 Å². The van der Waals surface area contributed by atoms with Crippen molar-refractivity contribution in [2.45, 2.75) is 52.4 Å². The van der Waals surface area contributed by atoms with E-state index in [9.17, 15) is 0 Å². The van der Waals surface area contributed by atoms with Gasteiger partial charge in [-0.1, -0.05) is 124 Å². The van der Waals surface area contributed by atoms with Gasteiger partial charge in [0.25, 0.3) is 0 Å². The summed E-state index contributed by atoms with van der Waals surface area (Å²) < 4.78 is 0. The highest BCUT2D eigenvalue weighted by Crippen LogP contribution is 2.52. The van der Waals surface area contributed by atoms with Gasteiger partial charge in [-0.3, -0.25) is 0 Å². The number of nitrogens with zero attached hydrogens (tertiary/aromatic N) is 2. The van der Waals surface area contributed by atoms with E-state index in [1.54, 1.807) is 0 Å². The van der Waals surface area contributed by atoms with Crippen molar-refractivity contribution in [2.24, 2.45) is 0 Å². The van der Waals surface area contributed by atoms with Gasteiger partial charge in [0.05, 0.1) is 0 Å². The summed E-state index contributed by atoms with van der Waals surface area (Å²) in [5, 5.41) is 2.39. The van der Waals surface area contributed by atoms with E-state index in [0.717, 1.165) is 45.2 Å². The molecule has 0 saturated heterocycles. The first-order chi connectivity index (χ1) is 28.6. The van der Waals surface area contributed by atoms with Crippen molar-refractivity contribution in [2.75, 3.05) is 9.80 Å². The predicted molar refractivity (Wildman–Crippen MR) is 250 cm³/mol. The lowest BCUT2D eigenvalue weighted by molar-refractivity contribution is 0.660. The molecule has 0 fully saturated rings. The summed E-state index contributed by atoms with van der Waals surface area (Å²) in [7, 11) is 0. The number of benzene rings is 8. The maximum absolute atomic E-state index is 3.76. The second-order valence-electron chi connectivity index (χ2n) is 17.7. The first kappa shape index (κ1) is 35.3. The van der Waals surface area contributed by atoms with E-state index in [0.29, 0.717) is 0 Å². The van der Waals surface area contributed by atoms with Crippen LogP contribution >= 0.6 is 0 Å². The summed E-state index contributed by atoms with van der Waals surface area (Å²) >= 11 is 0. The van der Waals surface area contributed by atoms with E-state index in [1.165, 1.54) is 66.4 Å². The normalized spacial score (nSPS) is 14.2. The average Bonchev–Trinajstić information content (AvgIpc) is 3.81. The fourth-order valence-electron chi connectivity index (χ4n) is 10.1. The Hall–Kier alpha value is -6.84. The zero-order valence-corrected chi connectivity index (χ0v) is 34.6. The number of hydrogen-bond donors (Lipinski definition) is 1. The van der Waals surface area contributed by atoms with E-state index >= 15 is 0 Å². The zero-order chi connectivity index (χ0) is 40.2. The quantitative estimate of drug-likeness (QED) is 0.182. The molecule has 0 unspecified atom stereocenters. The highest BCUT2D eigenvalue weighted by molar-refractivity contribution is 6.10. The molecule has 1 heterocycles. The summed E-state index contributed by atoms with van der Waals surface area (Å²) in [5.41, 5.74) is 22.2. The van der Waals surface area contributed by atoms with Crippen LogP contribution in [-0.2, 0) is 10.8 Å². The number of hydrogen-bond acceptors (Lipinski definition) is 2. The molecule has 1 aromatic heterocycles. The number of nitrogens with one attached hydrogen (secondary N) is 1. The van der Waals surface area contributed by atoms with Gasteiger partial charge in [-0.2, -0.15) is 0 Å². The van der Waals surface area contributed by atoms with Gasteiger partial charge < -0.3 is 14.8 Å². The first-order valence-corrected chi connectivity index (χ1v) is 20.8. The van der Waals surface area contributed by atoms with Crippen molar-refractivity contribution < 1.29 is 0 Å². The van der Waals surface area contributed by atoms with E-state index in [2.05, 4.69) is 226 Å². The minimum absolute atomic E-state index is 0.0973. The second kappa shape index (κ2) is 12.8. The first-order valence-electron chi connectivity index (χ1n) is 20.8. The molecule has 0 bridgehead atoms. The van der Waals surface area contributed by atoms with E-state index < -0.39 is 0 Å². The van der Waals surface area contributed by atoms with Crippen LogP contribution in [0.2, 0.25) is 0 Å². The lowest BCUT2D eigenvalue weighted by atomic mass is 9.82. The van der Waals surface area contributed by atoms with Crippen LogP contribution in [0.3, 0.4) is 0 Å². The fourth-order valence-corrected chi connectivity index (χ4v) is 10.1. The minimum Gasteiger partial charge on any atom is -0.355 e. The molecule has 0 aliphatic heterocycles. The van der Waals surface area contributed by atoms with Crippen molar-refractivity contribution in [3.8, 4) is 22.3 Å². The molecule has 3 heteroatoms. The third-order valence-corrected chi connectivity index (χ3v) is 13.3. The van der Waals surface area contributed by atoms with Crippen LogP contribution in [-0.4, -0.2) is 4.98 Å². The summed E-state index contributed by atoms with van der Waals surface area (Å²) in [6.45, 7) is 13.7. The molecule has 1 N–H and O–H groups in total. The van der Waals surface area contributed by atoms with Crippen LogP contribution in [0.15, 0.2) is 170 Å². The molecule has 2 aliphatic rings. The van der Waals surface area contributed by atoms with E-state index in [-0.39, 0.29) is 10.8 Å². The van der Waals surface area contributed by atoms with Crippen molar-refractivity contribution in [3.63, 3.8) is 0 Å². The summed E-state index contributed by atoms with van der Waals surface area (Å²) in [6, 6.07) is 63.4. The predicted octanol–water partition coefficient (Wildman–Crippen LogP) is 15.5. The van der Waals surface area contributed by atoms with Crippen LogP contribution in [0.4, 0.5) is 34.1 Å². The van der Waals surface area contributed by atoms with Gasteiger partial charge in [0.15, 0.2) is 0 Å². The van der Waals surface area contributed by atoms with Crippen molar-refractivity contribution in [3.05, 3.63) is 203 Å². The highest BCUT2D eigenvalue weighted by atomic mass is 15.1. The summed E-state index contributed by atoms with van der Waals surface area (Å²) in [5.74, 6) is 0. The molecular formula is C56H47N3. The second-order valence-corrected chi connectivity index (χ2v) is 17.7. The molecule has 3 nitrogen and oxygen atoms in total. The molecule has 0 saturated carbocycles. The van der Waals surface area contributed by atoms with Crippen molar-refractivity contribution in [1.82, 2.24) is 4.98 Å². The van der Waals surface area contributed by atoms with Gasteiger partial charge in [-0.25, -0.2) is 0 Å². The molecule has 0 atom stereocenters. The Balaban J connectivity index is 1.06. The van der Waals surface area contributed by atoms with Gasteiger partial charge in [0.1, 0.15) is 0 Å². The number of aromatic amines is 1. The Kier molecular flexibility index (Phi) is 7.68. The minimum atomic E-state index is -0.0973. The Morgan fingerprint density at radius 2 is 0.678 bits per heavy atom. The SMILES string of the molecule is Cc1ccc(N(c2ccc3c(c2)C(C)(C)c2ccccc2-3)c2ccc3[nH]c4ccc(N(c5ccc(C)cc5)c5ccc6c(c5)C(C)(C)c5ccccc5-6)cc4c3c2)cc1. The van der Waals surface area contributed by atoms with Gasteiger partial charge in [-0.15, -0.1) is 0 Å². The van der Waals surface area contributed by atoms with Gasteiger partial charge in [0, 0.05) is 66.8 Å². The smallest absolute Gasteiger partial charge is 0.0469 e. The lowest BCUT2D eigenvalue weighted by Crippen LogP contribution is -2.16. The number of anilines is 6. The molecule has 0 amide bonds. The fraction of sp³-hybridized carbons (Fsp3) is 0.143. The maximum atomic E-state index is 3.76. The molecule has 0 radical (unpaired) electrons. The largest absolute Gasteiger partial charge is 0.355 e. The number of H-pyrrole nitrogens is 1.